The molecule has 3 nitrogen and oxygen atoms in total. The average molecular weight is 355 g/mol. The van der Waals surface area contributed by atoms with Gasteiger partial charge in [0.2, 0.25) is 0 Å². The van der Waals surface area contributed by atoms with Gasteiger partial charge in [0, 0.05) is 22.9 Å². The molecule has 0 aliphatic carbocycles. The first-order chi connectivity index (χ1) is 8.65. The summed E-state index contributed by atoms with van der Waals surface area (Å²) < 4.78 is 3.12. The van der Waals surface area contributed by atoms with Crippen LogP contribution in [-0.4, -0.2) is 16.3 Å². The molecular formula is C14H18IN3. The van der Waals surface area contributed by atoms with Crippen LogP contribution in [0.3, 0.4) is 0 Å². The number of benzene rings is 1. The summed E-state index contributed by atoms with van der Waals surface area (Å²) in [7, 11) is 1.95. The molecule has 0 spiro atoms. The van der Waals surface area contributed by atoms with Gasteiger partial charge >= 0.3 is 0 Å². The van der Waals surface area contributed by atoms with E-state index < -0.39 is 0 Å². The van der Waals surface area contributed by atoms with E-state index >= 15 is 0 Å². The fourth-order valence-corrected chi connectivity index (χ4v) is 2.26. The van der Waals surface area contributed by atoms with Gasteiger partial charge in [-0.3, -0.25) is 4.68 Å². The van der Waals surface area contributed by atoms with Crippen LogP contribution >= 0.6 is 22.6 Å². The van der Waals surface area contributed by atoms with Crippen molar-refractivity contribution in [2.24, 2.45) is 7.05 Å². The highest BCUT2D eigenvalue weighted by atomic mass is 127. The third kappa shape index (κ3) is 3.81. The monoisotopic (exact) mass is 355 g/mol. The first kappa shape index (κ1) is 13.5. The maximum atomic E-state index is 4.17. The van der Waals surface area contributed by atoms with Crippen molar-refractivity contribution in [1.29, 1.82) is 0 Å². The Balaban J connectivity index is 1.81. The normalized spacial score (nSPS) is 12.6. The highest BCUT2D eigenvalue weighted by Gasteiger charge is 2.04. The van der Waals surface area contributed by atoms with Gasteiger partial charge in [0.25, 0.3) is 0 Å². The van der Waals surface area contributed by atoms with E-state index in [2.05, 4.69) is 70.4 Å². The number of aromatic nitrogens is 2. The van der Waals surface area contributed by atoms with E-state index in [4.69, 9.17) is 0 Å². The molecule has 1 aromatic heterocycles. The van der Waals surface area contributed by atoms with Crippen molar-refractivity contribution in [3.63, 3.8) is 0 Å². The molecule has 4 heteroatoms. The number of aryl methyl sites for hydroxylation is 1. The van der Waals surface area contributed by atoms with Crippen LogP contribution in [-0.2, 0) is 13.5 Å². The molecule has 0 aliphatic rings. The van der Waals surface area contributed by atoms with E-state index in [1.807, 2.05) is 17.9 Å². The molecule has 18 heavy (non-hydrogen) atoms. The number of nitrogens with one attached hydrogen (secondary N) is 1. The Labute approximate surface area is 122 Å². The highest BCUT2D eigenvalue weighted by Crippen LogP contribution is 2.14. The number of hydrogen-bond donors (Lipinski definition) is 1. The lowest BCUT2D eigenvalue weighted by molar-refractivity contribution is 0.576. The number of halogens is 1. The van der Waals surface area contributed by atoms with Crippen molar-refractivity contribution in [1.82, 2.24) is 15.1 Å². The molecule has 0 bridgehead atoms. The minimum Gasteiger partial charge on any atom is -0.310 e. The predicted molar refractivity (Wildman–Crippen MR) is 82.5 cm³/mol. The lowest BCUT2D eigenvalue weighted by Crippen LogP contribution is -2.21. The second kappa shape index (κ2) is 6.33. The van der Waals surface area contributed by atoms with E-state index in [1.165, 1.54) is 14.7 Å². The molecule has 0 aliphatic heterocycles. The topological polar surface area (TPSA) is 29.9 Å². The molecule has 0 saturated heterocycles. The van der Waals surface area contributed by atoms with E-state index in [-0.39, 0.29) is 0 Å². The second-order valence-electron chi connectivity index (χ2n) is 4.50. The van der Waals surface area contributed by atoms with Crippen LogP contribution in [0.15, 0.2) is 36.7 Å². The Kier molecular flexibility index (Phi) is 4.77. The maximum absolute atomic E-state index is 4.17. The minimum atomic E-state index is 0.388. The lowest BCUT2D eigenvalue weighted by atomic mass is 10.1. The van der Waals surface area contributed by atoms with E-state index in [0.717, 1.165) is 13.0 Å². The predicted octanol–water partition coefficient (Wildman–Crippen LogP) is 2.92. The highest BCUT2D eigenvalue weighted by molar-refractivity contribution is 14.1. The Morgan fingerprint density at radius 3 is 2.67 bits per heavy atom. The summed E-state index contributed by atoms with van der Waals surface area (Å²) in [6.45, 7) is 3.17. The van der Waals surface area contributed by atoms with Crippen LogP contribution in [0, 0.1) is 3.57 Å². The van der Waals surface area contributed by atoms with Crippen molar-refractivity contribution < 1.29 is 0 Å². The molecule has 1 aromatic carbocycles. The smallest absolute Gasteiger partial charge is 0.0522 e. The van der Waals surface area contributed by atoms with Crippen molar-refractivity contribution in [3.05, 3.63) is 51.4 Å². The molecule has 1 N–H and O–H groups in total. The van der Waals surface area contributed by atoms with Crippen molar-refractivity contribution in [2.75, 3.05) is 6.54 Å². The van der Waals surface area contributed by atoms with Gasteiger partial charge in [0.1, 0.15) is 0 Å². The number of hydrogen-bond acceptors (Lipinski definition) is 2. The van der Waals surface area contributed by atoms with Crippen LogP contribution in [0.4, 0.5) is 0 Å². The third-order valence-electron chi connectivity index (χ3n) is 2.99. The first-order valence-corrected chi connectivity index (χ1v) is 7.19. The largest absolute Gasteiger partial charge is 0.310 e. The van der Waals surface area contributed by atoms with Crippen LogP contribution in [0.5, 0.6) is 0 Å². The van der Waals surface area contributed by atoms with Crippen LogP contribution in [0.2, 0.25) is 0 Å². The number of rotatable bonds is 5. The fraction of sp³-hybridized carbons (Fsp3) is 0.357. The molecule has 0 fully saturated rings. The van der Waals surface area contributed by atoms with Gasteiger partial charge in [-0.1, -0.05) is 12.1 Å². The van der Waals surface area contributed by atoms with Crippen molar-refractivity contribution in [2.45, 2.75) is 19.4 Å². The van der Waals surface area contributed by atoms with Gasteiger partial charge in [-0.2, -0.15) is 5.10 Å². The second-order valence-corrected chi connectivity index (χ2v) is 5.75. The van der Waals surface area contributed by atoms with Crippen molar-refractivity contribution in [3.8, 4) is 0 Å². The van der Waals surface area contributed by atoms with Gasteiger partial charge in [0.05, 0.1) is 6.20 Å². The van der Waals surface area contributed by atoms with Gasteiger partial charge in [-0.05, 0) is 65.7 Å². The van der Waals surface area contributed by atoms with E-state index in [9.17, 15) is 0 Å². The minimum absolute atomic E-state index is 0.388. The summed E-state index contributed by atoms with van der Waals surface area (Å²) in [5, 5.41) is 7.71. The molecule has 0 radical (unpaired) electrons. The molecular weight excluding hydrogens is 337 g/mol. The van der Waals surface area contributed by atoms with E-state index in [0.29, 0.717) is 6.04 Å². The molecule has 2 rings (SSSR count). The summed E-state index contributed by atoms with van der Waals surface area (Å²) in [4.78, 5) is 0. The Bertz CT molecular complexity index is 490. The van der Waals surface area contributed by atoms with Gasteiger partial charge < -0.3 is 5.32 Å². The van der Waals surface area contributed by atoms with E-state index in [1.54, 1.807) is 0 Å². The van der Waals surface area contributed by atoms with Crippen LogP contribution in [0.1, 0.15) is 24.1 Å². The molecule has 0 amide bonds. The molecule has 2 aromatic rings. The zero-order valence-corrected chi connectivity index (χ0v) is 12.9. The summed E-state index contributed by atoms with van der Waals surface area (Å²) in [6.07, 6.45) is 5.01. The third-order valence-corrected chi connectivity index (χ3v) is 3.71. The molecule has 1 heterocycles. The van der Waals surface area contributed by atoms with Gasteiger partial charge in [-0.15, -0.1) is 0 Å². The summed E-state index contributed by atoms with van der Waals surface area (Å²) in [6, 6.07) is 9.05. The summed E-state index contributed by atoms with van der Waals surface area (Å²) in [5.41, 5.74) is 2.61. The SMILES string of the molecule is CC(NCCc1cnn(C)c1)c1ccc(I)cc1. The first-order valence-electron chi connectivity index (χ1n) is 6.11. The standard InChI is InChI=1S/C14H18IN3/c1-11(13-3-5-14(15)6-4-13)16-8-7-12-9-17-18(2)10-12/h3-6,9-11,16H,7-8H2,1-2H3. The van der Waals surface area contributed by atoms with Crippen LogP contribution < -0.4 is 5.32 Å². The Hall–Kier alpha value is -0.880. The number of nitrogens with zero attached hydrogens (tertiary/aromatic N) is 2. The zero-order valence-electron chi connectivity index (χ0n) is 10.7. The molecule has 1 atom stereocenters. The molecule has 0 saturated carbocycles. The Morgan fingerprint density at radius 1 is 1.33 bits per heavy atom. The molecule has 96 valence electrons. The van der Waals surface area contributed by atoms with Gasteiger partial charge in [-0.25, -0.2) is 0 Å². The quantitative estimate of drug-likeness (QED) is 0.836. The zero-order chi connectivity index (χ0) is 13.0. The lowest BCUT2D eigenvalue weighted by Gasteiger charge is -2.13. The average Bonchev–Trinajstić information content (AvgIpc) is 2.76. The summed E-state index contributed by atoms with van der Waals surface area (Å²) in [5.74, 6) is 0. The van der Waals surface area contributed by atoms with Gasteiger partial charge in [0.15, 0.2) is 0 Å². The molecule has 1 unspecified atom stereocenters. The Morgan fingerprint density at radius 2 is 2.06 bits per heavy atom. The fourth-order valence-electron chi connectivity index (χ4n) is 1.90. The summed E-state index contributed by atoms with van der Waals surface area (Å²) >= 11 is 2.33. The van der Waals surface area contributed by atoms with Crippen LogP contribution in [0.25, 0.3) is 0 Å². The van der Waals surface area contributed by atoms with Crippen molar-refractivity contribution >= 4 is 22.6 Å². The maximum Gasteiger partial charge on any atom is 0.0522 e.